The number of rotatable bonds is 4. The van der Waals surface area contributed by atoms with Gasteiger partial charge in [-0.3, -0.25) is 9.88 Å². The molecule has 3 aromatic rings. The molecule has 0 saturated carbocycles. The lowest BCUT2D eigenvalue weighted by Gasteiger charge is -2.44. The predicted molar refractivity (Wildman–Crippen MR) is 126 cm³/mol. The van der Waals surface area contributed by atoms with Crippen LogP contribution in [0.15, 0.2) is 84.7 Å². The number of amides is 1. The van der Waals surface area contributed by atoms with Crippen LogP contribution in [0.4, 0.5) is 4.79 Å². The zero-order valence-electron chi connectivity index (χ0n) is 18.4. The Morgan fingerprint density at radius 1 is 1.00 bits per heavy atom. The van der Waals surface area contributed by atoms with Crippen LogP contribution < -0.4 is 0 Å². The summed E-state index contributed by atoms with van der Waals surface area (Å²) >= 11 is 0. The van der Waals surface area contributed by atoms with Crippen LogP contribution in [-0.2, 0) is 15.9 Å². The number of fused-ring (bicyclic) bond motifs is 5. The van der Waals surface area contributed by atoms with Gasteiger partial charge in [0.25, 0.3) is 0 Å². The van der Waals surface area contributed by atoms with Gasteiger partial charge in [-0.15, -0.1) is 0 Å². The number of hydrogen-bond acceptors (Lipinski definition) is 4. The highest BCUT2D eigenvalue weighted by molar-refractivity contribution is 5.79. The highest BCUT2D eigenvalue weighted by Gasteiger charge is 2.39. The van der Waals surface area contributed by atoms with Crippen molar-refractivity contribution in [3.8, 4) is 11.1 Å². The van der Waals surface area contributed by atoms with Gasteiger partial charge in [0, 0.05) is 18.3 Å². The first-order chi connectivity index (χ1) is 16.3. The Bertz CT molecular complexity index is 1160. The molecule has 0 spiro atoms. The molecule has 0 radical (unpaired) electrons. The lowest BCUT2D eigenvalue weighted by atomic mass is 9.91. The van der Waals surface area contributed by atoms with Crippen LogP contribution in [-0.4, -0.2) is 47.9 Å². The number of morpholine rings is 1. The SMILES string of the molecule is O=C(OCC1c2ccccc2-c2ccccc21)N1C2C=C(Cc3cccnc3)CC1COC2. The number of carbonyl (C=O) groups is 1. The number of carbonyl (C=O) groups excluding carboxylic acids is 1. The van der Waals surface area contributed by atoms with Gasteiger partial charge in [-0.2, -0.15) is 0 Å². The molecule has 166 valence electrons. The van der Waals surface area contributed by atoms with Gasteiger partial charge >= 0.3 is 6.09 Å². The van der Waals surface area contributed by atoms with Gasteiger partial charge in [0.2, 0.25) is 0 Å². The van der Waals surface area contributed by atoms with Crippen molar-refractivity contribution < 1.29 is 14.3 Å². The number of pyridine rings is 1. The average molecular weight is 439 g/mol. The van der Waals surface area contributed by atoms with E-state index in [1.54, 1.807) is 6.20 Å². The molecule has 5 heteroatoms. The minimum atomic E-state index is -0.244. The number of ether oxygens (including phenoxy) is 2. The standard InChI is InChI=1S/C28H26N2O3/c31-28(33-18-27-25-9-3-1-7-23(25)24-8-2-4-10-26(24)27)30-21-13-20(14-22(30)17-32-16-21)12-19-6-5-11-29-15-19/h1-11,13,15,21-22,27H,12,14,16-18H2. The average Bonchev–Trinajstić information content (AvgIpc) is 3.16. The van der Waals surface area contributed by atoms with Gasteiger partial charge in [-0.1, -0.05) is 66.2 Å². The van der Waals surface area contributed by atoms with E-state index < -0.39 is 0 Å². The first kappa shape index (κ1) is 20.2. The molecule has 2 aromatic carbocycles. The zero-order valence-corrected chi connectivity index (χ0v) is 18.4. The molecule has 6 rings (SSSR count). The highest BCUT2D eigenvalue weighted by atomic mass is 16.6. The Hall–Kier alpha value is -3.44. The van der Waals surface area contributed by atoms with E-state index in [9.17, 15) is 4.79 Å². The lowest BCUT2D eigenvalue weighted by molar-refractivity contribution is -0.0363. The summed E-state index contributed by atoms with van der Waals surface area (Å²) in [5.41, 5.74) is 7.46. The quantitative estimate of drug-likeness (QED) is 0.540. The topological polar surface area (TPSA) is 51.7 Å². The van der Waals surface area contributed by atoms with E-state index in [4.69, 9.17) is 9.47 Å². The molecule has 2 atom stereocenters. The van der Waals surface area contributed by atoms with E-state index in [1.165, 1.54) is 33.4 Å². The number of nitrogens with zero attached hydrogens (tertiary/aromatic N) is 2. The van der Waals surface area contributed by atoms with Crippen LogP contribution >= 0.6 is 0 Å². The molecular formula is C28H26N2O3. The minimum Gasteiger partial charge on any atom is -0.448 e. The molecule has 1 aliphatic carbocycles. The third kappa shape index (κ3) is 3.72. The summed E-state index contributed by atoms with van der Waals surface area (Å²) in [5, 5.41) is 0. The fraction of sp³-hybridized carbons (Fsp3) is 0.286. The second-order valence-corrected chi connectivity index (χ2v) is 9.04. The molecule has 1 aromatic heterocycles. The molecule has 1 amide bonds. The van der Waals surface area contributed by atoms with Crippen molar-refractivity contribution in [1.29, 1.82) is 0 Å². The summed E-state index contributed by atoms with van der Waals surface area (Å²) in [7, 11) is 0. The van der Waals surface area contributed by atoms with Crippen molar-refractivity contribution in [3.63, 3.8) is 0 Å². The third-order valence-corrected chi connectivity index (χ3v) is 6.98. The van der Waals surface area contributed by atoms with Crippen LogP contribution in [0.1, 0.15) is 29.0 Å². The molecule has 1 fully saturated rings. The molecular weight excluding hydrogens is 412 g/mol. The Balaban J connectivity index is 1.18. The maximum Gasteiger partial charge on any atom is 0.410 e. The fourth-order valence-corrected chi connectivity index (χ4v) is 5.53. The van der Waals surface area contributed by atoms with Crippen LogP contribution in [0, 0.1) is 0 Å². The van der Waals surface area contributed by atoms with Crippen molar-refractivity contribution >= 4 is 6.09 Å². The van der Waals surface area contributed by atoms with E-state index >= 15 is 0 Å². The molecule has 2 aliphatic heterocycles. The smallest absolute Gasteiger partial charge is 0.410 e. The molecule has 2 bridgehead atoms. The highest BCUT2D eigenvalue weighted by Crippen LogP contribution is 2.44. The van der Waals surface area contributed by atoms with Gasteiger partial charge in [0.1, 0.15) is 6.61 Å². The first-order valence-corrected chi connectivity index (χ1v) is 11.6. The third-order valence-electron chi connectivity index (χ3n) is 6.98. The van der Waals surface area contributed by atoms with Crippen LogP contribution in [0.3, 0.4) is 0 Å². The van der Waals surface area contributed by atoms with Crippen molar-refractivity contribution in [2.45, 2.75) is 30.8 Å². The first-order valence-electron chi connectivity index (χ1n) is 11.6. The maximum absolute atomic E-state index is 13.3. The lowest BCUT2D eigenvalue weighted by Crippen LogP contribution is -2.56. The molecule has 1 saturated heterocycles. The monoisotopic (exact) mass is 438 g/mol. The Labute approximate surface area is 193 Å². The maximum atomic E-state index is 13.3. The molecule has 5 nitrogen and oxygen atoms in total. The molecule has 33 heavy (non-hydrogen) atoms. The summed E-state index contributed by atoms with van der Waals surface area (Å²) in [6, 6.07) is 20.8. The van der Waals surface area contributed by atoms with E-state index in [0.29, 0.717) is 19.8 Å². The molecule has 3 aliphatic rings. The van der Waals surface area contributed by atoms with Crippen molar-refractivity contribution in [2.24, 2.45) is 0 Å². The predicted octanol–water partition coefficient (Wildman–Crippen LogP) is 4.97. The van der Waals surface area contributed by atoms with Crippen molar-refractivity contribution in [1.82, 2.24) is 9.88 Å². The normalized spacial score (nSPS) is 21.2. The van der Waals surface area contributed by atoms with Crippen molar-refractivity contribution in [3.05, 3.63) is 101 Å². The van der Waals surface area contributed by atoms with Gasteiger partial charge in [0.05, 0.1) is 25.3 Å². The van der Waals surface area contributed by atoms with Gasteiger partial charge in [-0.25, -0.2) is 4.79 Å². The van der Waals surface area contributed by atoms with Gasteiger partial charge < -0.3 is 9.47 Å². The number of aromatic nitrogens is 1. The Morgan fingerprint density at radius 2 is 1.76 bits per heavy atom. The van der Waals surface area contributed by atoms with E-state index in [0.717, 1.165) is 12.8 Å². The second-order valence-electron chi connectivity index (χ2n) is 9.04. The largest absolute Gasteiger partial charge is 0.448 e. The summed E-state index contributed by atoms with van der Waals surface area (Å²) in [5.74, 6) is 0.0684. The summed E-state index contributed by atoms with van der Waals surface area (Å²) < 4.78 is 11.7. The zero-order chi connectivity index (χ0) is 22.2. The summed E-state index contributed by atoms with van der Waals surface area (Å²) in [4.78, 5) is 19.4. The van der Waals surface area contributed by atoms with E-state index in [1.807, 2.05) is 17.2 Å². The molecule has 0 N–H and O–H groups in total. The van der Waals surface area contributed by atoms with Crippen LogP contribution in [0.5, 0.6) is 0 Å². The van der Waals surface area contributed by atoms with E-state index in [-0.39, 0.29) is 24.1 Å². The van der Waals surface area contributed by atoms with E-state index in [2.05, 4.69) is 65.7 Å². The Kier molecular flexibility index (Phi) is 5.19. The van der Waals surface area contributed by atoms with Gasteiger partial charge in [-0.05, 0) is 46.7 Å². The fourth-order valence-electron chi connectivity index (χ4n) is 5.53. The summed E-state index contributed by atoms with van der Waals surface area (Å²) in [6.45, 7) is 1.40. The second kappa shape index (κ2) is 8.49. The van der Waals surface area contributed by atoms with Crippen LogP contribution in [0.25, 0.3) is 11.1 Å². The molecule has 3 heterocycles. The minimum absolute atomic E-state index is 0.0103. The summed E-state index contributed by atoms with van der Waals surface area (Å²) in [6.07, 6.45) is 7.30. The van der Waals surface area contributed by atoms with Gasteiger partial charge in [0.15, 0.2) is 0 Å². The Morgan fingerprint density at radius 3 is 2.45 bits per heavy atom. The number of hydrogen-bond donors (Lipinski definition) is 0. The number of benzene rings is 2. The van der Waals surface area contributed by atoms with Crippen molar-refractivity contribution in [2.75, 3.05) is 19.8 Å². The molecule has 2 unspecified atom stereocenters. The van der Waals surface area contributed by atoms with Crippen LogP contribution in [0.2, 0.25) is 0 Å².